The third-order valence-electron chi connectivity index (χ3n) is 8.23. The van der Waals surface area contributed by atoms with Crippen LogP contribution in [0, 0.1) is 0 Å². The van der Waals surface area contributed by atoms with Crippen LogP contribution in [0.5, 0.6) is 0 Å². The summed E-state index contributed by atoms with van der Waals surface area (Å²) in [7, 11) is 0. The van der Waals surface area contributed by atoms with Gasteiger partial charge in [0.25, 0.3) is 0 Å². The smallest absolute Gasteiger partial charge is 0.00201 e. The SMILES string of the molecule is c1ccc(-c2c(-c3cccc(-c4cc5ccccc5c5ccccc45)c3)c3ccccc3c3ccccc23)cc1. The highest BCUT2D eigenvalue weighted by Gasteiger charge is 2.18. The van der Waals surface area contributed by atoms with E-state index in [4.69, 9.17) is 0 Å². The van der Waals surface area contributed by atoms with E-state index >= 15 is 0 Å². The molecule has 0 bridgehead atoms. The molecule has 0 unspecified atom stereocenters. The Morgan fingerprint density at radius 3 is 1.38 bits per heavy atom. The van der Waals surface area contributed by atoms with Crippen molar-refractivity contribution in [1.82, 2.24) is 0 Å². The highest BCUT2D eigenvalue weighted by atomic mass is 14.2. The molecule has 8 rings (SSSR count). The van der Waals surface area contributed by atoms with Crippen LogP contribution in [0.15, 0.2) is 158 Å². The lowest BCUT2D eigenvalue weighted by molar-refractivity contribution is 1.62. The van der Waals surface area contributed by atoms with Crippen LogP contribution < -0.4 is 0 Å². The predicted molar refractivity (Wildman–Crippen MR) is 173 cm³/mol. The topological polar surface area (TPSA) is 0 Å². The Labute approximate surface area is 233 Å². The van der Waals surface area contributed by atoms with Crippen LogP contribution >= 0.6 is 0 Å². The van der Waals surface area contributed by atoms with Gasteiger partial charge in [-0.05, 0) is 88.6 Å². The van der Waals surface area contributed by atoms with Crippen LogP contribution in [0.2, 0.25) is 0 Å². The highest BCUT2D eigenvalue weighted by molar-refractivity contribution is 6.22. The Bertz CT molecular complexity index is 2200. The molecular formula is C40H26. The Morgan fingerprint density at radius 2 is 0.700 bits per heavy atom. The molecule has 0 saturated heterocycles. The molecule has 186 valence electrons. The molecule has 0 aliphatic rings. The van der Waals surface area contributed by atoms with E-state index in [1.807, 2.05) is 0 Å². The van der Waals surface area contributed by atoms with Crippen molar-refractivity contribution in [2.24, 2.45) is 0 Å². The van der Waals surface area contributed by atoms with E-state index < -0.39 is 0 Å². The summed E-state index contributed by atoms with van der Waals surface area (Å²) < 4.78 is 0. The van der Waals surface area contributed by atoms with Gasteiger partial charge in [-0.25, -0.2) is 0 Å². The first-order chi connectivity index (χ1) is 19.9. The minimum Gasteiger partial charge on any atom is -0.0622 e. The van der Waals surface area contributed by atoms with E-state index in [1.54, 1.807) is 0 Å². The van der Waals surface area contributed by atoms with Gasteiger partial charge in [0.15, 0.2) is 0 Å². The summed E-state index contributed by atoms with van der Waals surface area (Å²) in [5, 5.41) is 10.3. The summed E-state index contributed by atoms with van der Waals surface area (Å²) in [6.45, 7) is 0. The molecule has 0 spiro atoms. The van der Waals surface area contributed by atoms with Crippen LogP contribution in [0.4, 0.5) is 0 Å². The first-order valence-electron chi connectivity index (χ1n) is 13.9. The standard InChI is InChI=1S/C40H26/c1-2-13-27(14-3-1)39-36-23-10-8-20-33(36)34-21-9-11-24-37(34)40(39)30-17-12-16-28(25-30)38-26-29-15-4-5-18-31(29)32-19-6-7-22-35(32)38/h1-26H. The Morgan fingerprint density at radius 1 is 0.250 bits per heavy atom. The fourth-order valence-corrected chi connectivity index (χ4v) is 6.48. The lowest BCUT2D eigenvalue weighted by atomic mass is 9.84. The molecule has 0 amide bonds. The van der Waals surface area contributed by atoms with Crippen LogP contribution in [0.3, 0.4) is 0 Å². The fraction of sp³-hybridized carbons (Fsp3) is 0. The maximum absolute atomic E-state index is 2.39. The zero-order valence-corrected chi connectivity index (χ0v) is 22.0. The van der Waals surface area contributed by atoms with Gasteiger partial charge in [0.05, 0.1) is 0 Å². The number of hydrogen-bond acceptors (Lipinski definition) is 0. The van der Waals surface area contributed by atoms with E-state index in [0.29, 0.717) is 0 Å². The van der Waals surface area contributed by atoms with Crippen molar-refractivity contribution < 1.29 is 0 Å². The summed E-state index contributed by atoms with van der Waals surface area (Å²) in [6.07, 6.45) is 0. The van der Waals surface area contributed by atoms with Crippen LogP contribution in [0.1, 0.15) is 0 Å². The second kappa shape index (κ2) is 9.22. The molecule has 0 saturated carbocycles. The van der Waals surface area contributed by atoms with E-state index in [9.17, 15) is 0 Å². The average molecular weight is 507 g/mol. The second-order valence-corrected chi connectivity index (χ2v) is 10.5. The number of benzene rings is 8. The van der Waals surface area contributed by atoms with Gasteiger partial charge in [-0.2, -0.15) is 0 Å². The maximum atomic E-state index is 2.39. The molecule has 0 aliphatic heterocycles. The van der Waals surface area contributed by atoms with E-state index in [2.05, 4.69) is 158 Å². The van der Waals surface area contributed by atoms with E-state index in [1.165, 1.54) is 76.5 Å². The van der Waals surface area contributed by atoms with Gasteiger partial charge in [-0.3, -0.25) is 0 Å². The molecule has 0 aromatic heterocycles. The largest absolute Gasteiger partial charge is 0.0622 e. The lowest BCUT2D eigenvalue weighted by Crippen LogP contribution is -1.92. The van der Waals surface area contributed by atoms with Crippen molar-refractivity contribution in [3.63, 3.8) is 0 Å². The summed E-state index contributed by atoms with van der Waals surface area (Å²) in [5.74, 6) is 0. The van der Waals surface area contributed by atoms with Crippen LogP contribution in [-0.4, -0.2) is 0 Å². The second-order valence-electron chi connectivity index (χ2n) is 10.5. The average Bonchev–Trinajstić information content (AvgIpc) is 3.04. The van der Waals surface area contributed by atoms with Crippen LogP contribution in [-0.2, 0) is 0 Å². The molecule has 0 N–H and O–H groups in total. The Kier molecular flexibility index (Phi) is 5.24. The molecule has 8 aromatic rings. The zero-order chi connectivity index (χ0) is 26.5. The van der Waals surface area contributed by atoms with Gasteiger partial charge in [-0.15, -0.1) is 0 Å². The lowest BCUT2D eigenvalue weighted by Gasteiger charge is -2.19. The molecule has 0 fully saturated rings. The fourth-order valence-electron chi connectivity index (χ4n) is 6.48. The molecule has 0 radical (unpaired) electrons. The molecule has 8 aromatic carbocycles. The van der Waals surface area contributed by atoms with Gasteiger partial charge >= 0.3 is 0 Å². The Hall–Kier alpha value is -5.20. The molecule has 40 heavy (non-hydrogen) atoms. The van der Waals surface area contributed by atoms with E-state index in [-0.39, 0.29) is 0 Å². The quantitative estimate of drug-likeness (QED) is 0.209. The first-order valence-corrected chi connectivity index (χ1v) is 13.9. The zero-order valence-electron chi connectivity index (χ0n) is 22.0. The summed E-state index contributed by atoms with van der Waals surface area (Å²) in [6, 6.07) is 57.5. The number of rotatable bonds is 3. The molecule has 0 heterocycles. The molecular weight excluding hydrogens is 480 g/mol. The normalized spacial score (nSPS) is 11.5. The van der Waals surface area contributed by atoms with Gasteiger partial charge < -0.3 is 0 Å². The summed E-state index contributed by atoms with van der Waals surface area (Å²) in [4.78, 5) is 0. The van der Waals surface area contributed by atoms with Crippen molar-refractivity contribution >= 4 is 43.1 Å². The number of hydrogen-bond donors (Lipinski definition) is 0. The minimum atomic E-state index is 1.23. The van der Waals surface area contributed by atoms with Crippen molar-refractivity contribution in [3.05, 3.63) is 158 Å². The highest BCUT2D eigenvalue weighted by Crippen LogP contribution is 2.45. The molecule has 0 nitrogen and oxygen atoms in total. The number of fused-ring (bicyclic) bond motifs is 6. The summed E-state index contributed by atoms with van der Waals surface area (Å²) >= 11 is 0. The van der Waals surface area contributed by atoms with E-state index in [0.717, 1.165) is 0 Å². The van der Waals surface area contributed by atoms with Crippen LogP contribution in [0.25, 0.3) is 76.5 Å². The third kappa shape index (κ3) is 3.54. The Balaban J connectivity index is 1.47. The molecule has 0 heteroatoms. The van der Waals surface area contributed by atoms with Gasteiger partial charge in [-0.1, -0.05) is 146 Å². The summed E-state index contributed by atoms with van der Waals surface area (Å²) in [5.41, 5.74) is 7.54. The maximum Gasteiger partial charge on any atom is -0.00201 e. The third-order valence-corrected chi connectivity index (χ3v) is 8.23. The monoisotopic (exact) mass is 506 g/mol. The minimum absolute atomic E-state index is 1.23. The van der Waals surface area contributed by atoms with Gasteiger partial charge in [0.2, 0.25) is 0 Å². The molecule has 0 atom stereocenters. The first kappa shape index (κ1) is 22.8. The van der Waals surface area contributed by atoms with Crippen molar-refractivity contribution in [1.29, 1.82) is 0 Å². The van der Waals surface area contributed by atoms with Crippen molar-refractivity contribution in [3.8, 4) is 33.4 Å². The molecule has 0 aliphatic carbocycles. The van der Waals surface area contributed by atoms with Crippen molar-refractivity contribution in [2.75, 3.05) is 0 Å². The predicted octanol–water partition coefficient (Wildman–Crippen LogP) is 11.3. The van der Waals surface area contributed by atoms with Gasteiger partial charge in [0.1, 0.15) is 0 Å². The van der Waals surface area contributed by atoms with Crippen molar-refractivity contribution in [2.45, 2.75) is 0 Å². The van der Waals surface area contributed by atoms with Gasteiger partial charge in [0, 0.05) is 0 Å².